The zero-order valence-corrected chi connectivity index (χ0v) is 25.5. The number of benzene rings is 7. The molecule has 11 rings (SSSR count). The predicted molar refractivity (Wildman–Crippen MR) is 193 cm³/mol. The molecule has 2 aromatic heterocycles. The molecule has 1 atom stereocenters. The SMILES string of the molecule is c1ccc(-c2nc(-n3c4ccccc4c4cc5c6c(c43)-c3c(ccc4ccccc34)C(C6)c3ccccc3-5)nc3ccccc23)cc1. The number of rotatable bonds is 2. The highest BCUT2D eigenvalue weighted by Gasteiger charge is 2.37. The molecule has 9 aromatic rings. The molecule has 0 amide bonds. The molecule has 3 nitrogen and oxygen atoms in total. The van der Waals surface area contributed by atoms with Gasteiger partial charge in [-0.3, -0.25) is 4.57 Å². The molecule has 2 aliphatic carbocycles. The lowest BCUT2D eigenvalue weighted by Crippen LogP contribution is -2.19. The number of hydrogen-bond donors (Lipinski definition) is 0. The van der Waals surface area contributed by atoms with Gasteiger partial charge in [0.1, 0.15) is 0 Å². The summed E-state index contributed by atoms with van der Waals surface area (Å²) in [5.41, 5.74) is 14.9. The molecule has 0 aliphatic heterocycles. The summed E-state index contributed by atoms with van der Waals surface area (Å²) in [6.45, 7) is 0. The van der Waals surface area contributed by atoms with Crippen molar-refractivity contribution in [2.75, 3.05) is 0 Å². The maximum Gasteiger partial charge on any atom is 0.235 e. The minimum atomic E-state index is 0.322. The molecule has 0 N–H and O–H groups in total. The fourth-order valence-electron chi connectivity index (χ4n) is 8.57. The molecule has 47 heavy (non-hydrogen) atoms. The standard InChI is InChI=1S/C44H27N3/c1-2-13-27(14-3-1)42-33-19-8-10-20-38(33)45-44(46-42)47-39-21-11-9-18-31(39)37-25-35-30-17-7-6-16-29(30)34-24-36(35)41(43(37)47)40-28-15-5-4-12-26(28)22-23-32(34)40/h1-23,25,34H,24H2. The Bertz CT molecular complexity index is 2770. The summed E-state index contributed by atoms with van der Waals surface area (Å²) >= 11 is 0. The number of para-hydroxylation sites is 2. The molecule has 2 bridgehead atoms. The van der Waals surface area contributed by atoms with E-state index in [2.05, 4.69) is 150 Å². The van der Waals surface area contributed by atoms with Crippen LogP contribution in [0.1, 0.15) is 22.6 Å². The Morgan fingerprint density at radius 3 is 2.19 bits per heavy atom. The van der Waals surface area contributed by atoms with Crippen LogP contribution in [0.2, 0.25) is 0 Å². The molecule has 2 aliphatic rings. The second kappa shape index (κ2) is 9.24. The van der Waals surface area contributed by atoms with Crippen LogP contribution in [-0.4, -0.2) is 14.5 Å². The third-order valence-electron chi connectivity index (χ3n) is 10.5. The Labute approximate surface area is 271 Å². The lowest BCUT2D eigenvalue weighted by molar-refractivity contribution is 0.785. The van der Waals surface area contributed by atoms with Gasteiger partial charge in [-0.15, -0.1) is 0 Å². The van der Waals surface area contributed by atoms with Crippen molar-refractivity contribution in [2.45, 2.75) is 12.3 Å². The summed E-state index contributed by atoms with van der Waals surface area (Å²) in [7, 11) is 0. The highest BCUT2D eigenvalue weighted by atomic mass is 15.2. The van der Waals surface area contributed by atoms with E-state index in [1.54, 1.807) is 0 Å². The van der Waals surface area contributed by atoms with Gasteiger partial charge in [0.2, 0.25) is 5.95 Å². The molecule has 218 valence electrons. The van der Waals surface area contributed by atoms with Gasteiger partial charge in [-0.2, -0.15) is 0 Å². The van der Waals surface area contributed by atoms with E-state index in [-0.39, 0.29) is 0 Å². The van der Waals surface area contributed by atoms with Gasteiger partial charge in [-0.05, 0) is 68.8 Å². The van der Waals surface area contributed by atoms with Crippen molar-refractivity contribution in [3.63, 3.8) is 0 Å². The third-order valence-corrected chi connectivity index (χ3v) is 10.5. The molecule has 0 saturated carbocycles. The van der Waals surface area contributed by atoms with E-state index < -0.39 is 0 Å². The molecule has 7 aromatic carbocycles. The van der Waals surface area contributed by atoms with Gasteiger partial charge in [0, 0.05) is 33.2 Å². The first-order valence-electron chi connectivity index (χ1n) is 16.4. The average Bonchev–Trinajstić information content (AvgIpc) is 3.48. The fraction of sp³-hybridized carbons (Fsp3) is 0.0455. The van der Waals surface area contributed by atoms with Gasteiger partial charge < -0.3 is 0 Å². The molecular formula is C44H27N3. The maximum absolute atomic E-state index is 5.42. The first kappa shape index (κ1) is 25.2. The van der Waals surface area contributed by atoms with Gasteiger partial charge >= 0.3 is 0 Å². The van der Waals surface area contributed by atoms with Gasteiger partial charge in [0.15, 0.2) is 0 Å². The van der Waals surface area contributed by atoms with Crippen molar-refractivity contribution in [1.82, 2.24) is 14.5 Å². The first-order valence-corrected chi connectivity index (χ1v) is 16.4. The normalized spacial score (nSPS) is 14.5. The van der Waals surface area contributed by atoms with Crippen molar-refractivity contribution in [2.24, 2.45) is 0 Å². The van der Waals surface area contributed by atoms with Crippen molar-refractivity contribution in [3.05, 3.63) is 162 Å². The minimum absolute atomic E-state index is 0.322. The lowest BCUT2D eigenvalue weighted by atomic mass is 9.67. The zero-order chi connectivity index (χ0) is 30.6. The van der Waals surface area contributed by atoms with E-state index in [1.165, 1.54) is 66.0 Å². The Morgan fingerprint density at radius 2 is 1.28 bits per heavy atom. The summed E-state index contributed by atoms with van der Waals surface area (Å²) in [5.74, 6) is 1.02. The molecule has 3 heteroatoms. The topological polar surface area (TPSA) is 30.7 Å². The van der Waals surface area contributed by atoms with E-state index in [0.29, 0.717) is 11.9 Å². The Kier molecular flexibility index (Phi) is 4.95. The van der Waals surface area contributed by atoms with Gasteiger partial charge in [0.25, 0.3) is 0 Å². The Hall–Kier alpha value is -6.06. The second-order valence-electron chi connectivity index (χ2n) is 12.9. The monoisotopic (exact) mass is 597 g/mol. The van der Waals surface area contributed by atoms with E-state index in [4.69, 9.17) is 9.97 Å². The van der Waals surface area contributed by atoms with E-state index >= 15 is 0 Å². The van der Waals surface area contributed by atoms with Crippen LogP contribution < -0.4 is 0 Å². The van der Waals surface area contributed by atoms with E-state index in [9.17, 15) is 0 Å². The summed E-state index contributed by atoms with van der Waals surface area (Å²) < 4.78 is 2.35. The number of fused-ring (bicyclic) bond motifs is 14. The molecular weight excluding hydrogens is 571 g/mol. The van der Waals surface area contributed by atoms with Crippen molar-refractivity contribution in [1.29, 1.82) is 0 Å². The first-order chi connectivity index (χ1) is 23.3. The van der Waals surface area contributed by atoms with Crippen molar-refractivity contribution >= 4 is 43.5 Å². The molecule has 2 heterocycles. The van der Waals surface area contributed by atoms with E-state index in [1.807, 2.05) is 0 Å². The predicted octanol–water partition coefficient (Wildman–Crippen LogP) is 10.9. The third kappa shape index (κ3) is 3.35. The van der Waals surface area contributed by atoms with Crippen LogP contribution >= 0.6 is 0 Å². The van der Waals surface area contributed by atoms with Crippen LogP contribution in [0.3, 0.4) is 0 Å². The molecule has 0 spiro atoms. The summed E-state index contributed by atoms with van der Waals surface area (Å²) in [6, 6.07) is 52.8. The zero-order valence-electron chi connectivity index (χ0n) is 25.5. The largest absolute Gasteiger partial charge is 0.277 e. The fourth-order valence-corrected chi connectivity index (χ4v) is 8.57. The Morgan fingerprint density at radius 1 is 0.532 bits per heavy atom. The second-order valence-corrected chi connectivity index (χ2v) is 12.9. The van der Waals surface area contributed by atoms with Gasteiger partial charge in [-0.25, -0.2) is 9.97 Å². The molecule has 0 fully saturated rings. The highest BCUT2D eigenvalue weighted by Crippen LogP contribution is 2.56. The van der Waals surface area contributed by atoms with Crippen LogP contribution in [-0.2, 0) is 6.42 Å². The van der Waals surface area contributed by atoms with Crippen LogP contribution in [0.15, 0.2) is 146 Å². The summed E-state index contributed by atoms with van der Waals surface area (Å²) in [5, 5.41) is 6.07. The minimum Gasteiger partial charge on any atom is -0.277 e. The smallest absolute Gasteiger partial charge is 0.235 e. The van der Waals surface area contributed by atoms with E-state index in [0.717, 1.165) is 34.1 Å². The van der Waals surface area contributed by atoms with Gasteiger partial charge in [0.05, 0.1) is 22.2 Å². The molecule has 1 unspecified atom stereocenters. The van der Waals surface area contributed by atoms with Crippen molar-refractivity contribution < 1.29 is 0 Å². The molecule has 0 saturated heterocycles. The number of nitrogens with zero attached hydrogens (tertiary/aromatic N) is 3. The Balaban J connectivity index is 1.36. The van der Waals surface area contributed by atoms with Crippen LogP contribution in [0.25, 0.3) is 82.9 Å². The van der Waals surface area contributed by atoms with Crippen LogP contribution in [0.4, 0.5) is 0 Å². The lowest BCUT2D eigenvalue weighted by Gasteiger charge is -2.37. The molecule has 0 radical (unpaired) electrons. The quantitative estimate of drug-likeness (QED) is 0.198. The number of hydrogen-bond acceptors (Lipinski definition) is 2. The summed E-state index contributed by atoms with van der Waals surface area (Å²) in [6.07, 6.45) is 0.984. The van der Waals surface area contributed by atoms with Crippen molar-refractivity contribution in [3.8, 4) is 39.5 Å². The number of aromatic nitrogens is 3. The summed E-state index contributed by atoms with van der Waals surface area (Å²) in [4.78, 5) is 10.7. The maximum atomic E-state index is 5.42. The van der Waals surface area contributed by atoms with Crippen LogP contribution in [0, 0.1) is 0 Å². The van der Waals surface area contributed by atoms with Crippen LogP contribution in [0.5, 0.6) is 0 Å². The highest BCUT2D eigenvalue weighted by molar-refractivity contribution is 6.19. The van der Waals surface area contributed by atoms with Gasteiger partial charge in [-0.1, -0.05) is 127 Å². The average molecular weight is 598 g/mol.